The van der Waals surface area contributed by atoms with Crippen LogP contribution in [0.5, 0.6) is 5.75 Å². The Hall–Kier alpha value is -2.77. The van der Waals surface area contributed by atoms with E-state index in [0.717, 1.165) is 17.9 Å². The minimum Gasteiger partial charge on any atom is -0.493 e. The van der Waals surface area contributed by atoms with Gasteiger partial charge in [-0.1, -0.05) is 18.2 Å². The van der Waals surface area contributed by atoms with Crippen molar-refractivity contribution >= 4 is 17.9 Å². The Balaban J connectivity index is 1.45. The molecule has 8 nitrogen and oxygen atoms in total. The van der Waals surface area contributed by atoms with Gasteiger partial charge in [-0.05, 0) is 24.8 Å². The average Bonchev–Trinajstić information content (AvgIpc) is 3.43. The fourth-order valence-electron chi connectivity index (χ4n) is 2.65. The van der Waals surface area contributed by atoms with Crippen LogP contribution in [0.15, 0.2) is 29.3 Å². The van der Waals surface area contributed by atoms with Gasteiger partial charge in [0.1, 0.15) is 5.75 Å². The topological polar surface area (TPSA) is 95.1 Å². The molecule has 0 unspecified atom stereocenters. The first-order chi connectivity index (χ1) is 12.7. The van der Waals surface area contributed by atoms with Crippen LogP contribution in [0.3, 0.4) is 0 Å². The summed E-state index contributed by atoms with van der Waals surface area (Å²) >= 11 is 0. The Labute approximate surface area is 153 Å². The quantitative estimate of drug-likeness (QED) is 0.361. The summed E-state index contributed by atoms with van der Waals surface area (Å²) in [6.07, 6.45) is 2.52. The van der Waals surface area contributed by atoms with E-state index in [1.165, 1.54) is 17.7 Å². The molecule has 1 aliphatic carbocycles. The molecule has 3 N–H and O–H groups in total. The molecule has 3 amide bonds. The van der Waals surface area contributed by atoms with Crippen LogP contribution >= 0.6 is 0 Å². The number of imide groups is 1. The zero-order valence-electron chi connectivity index (χ0n) is 15.0. The molecule has 26 heavy (non-hydrogen) atoms. The third-order valence-corrected chi connectivity index (χ3v) is 4.38. The zero-order chi connectivity index (χ0) is 18.4. The van der Waals surface area contributed by atoms with Crippen LogP contribution in [0.25, 0.3) is 0 Å². The van der Waals surface area contributed by atoms with E-state index in [2.05, 4.69) is 20.9 Å². The lowest BCUT2D eigenvalue weighted by molar-refractivity contribution is -0.124. The zero-order valence-corrected chi connectivity index (χ0v) is 15.0. The molecule has 3 rings (SSSR count). The van der Waals surface area contributed by atoms with E-state index in [1.807, 2.05) is 24.3 Å². The van der Waals surface area contributed by atoms with Gasteiger partial charge >= 0.3 is 6.03 Å². The summed E-state index contributed by atoms with van der Waals surface area (Å²) in [5.74, 6) is 1.99. The molecule has 0 bridgehead atoms. The van der Waals surface area contributed by atoms with E-state index in [9.17, 15) is 9.59 Å². The van der Waals surface area contributed by atoms with Gasteiger partial charge in [0.2, 0.25) is 5.91 Å². The Morgan fingerprint density at radius 1 is 1.31 bits per heavy atom. The number of ether oxygens (including phenoxy) is 1. The lowest BCUT2D eigenvalue weighted by atomic mass is 10.2. The number of hydrogen-bond acceptors (Lipinski definition) is 4. The highest BCUT2D eigenvalue weighted by Crippen LogP contribution is 2.30. The molecule has 140 valence electrons. The van der Waals surface area contributed by atoms with Crippen molar-refractivity contribution in [3.63, 3.8) is 0 Å². The molecule has 1 heterocycles. The second kappa shape index (κ2) is 8.55. The first-order valence-corrected chi connectivity index (χ1v) is 8.91. The van der Waals surface area contributed by atoms with Crippen LogP contribution in [0, 0.1) is 5.92 Å². The SMILES string of the molecule is CN=C(NCCN1C(=O)CNC1=O)NCc1ccccc1OCC1CC1. The average molecular weight is 359 g/mol. The molecule has 0 radical (unpaired) electrons. The number of guanidine groups is 1. The Morgan fingerprint density at radius 3 is 2.81 bits per heavy atom. The van der Waals surface area contributed by atoms with Crippen molar-refractivity contribution in [1.82, 2.24) is 20.9 Å². The van der Waals surface area contributed by atoms with Gasteiger partial charge in [0.15, 0.2) is 5.96 Å². The number of amides is 3. The number of hydrogen-bond donors (Lipinski definition) is 3. The van der Waals surface area contributed by atoms with Gasteiger partial charge in [-0.25, -0.2) is 4.79 Å². The standard InChI is InChI=1S/C18H25N5O3/c1-19-17(20-8-9-23-16(24)11-22-18(23)25)21-10-14-4-2-3-5-15(14)26-12-13-6-7-13/h2-5,13H,6-12H2,1H3,(H,22,25)(H2,19,20,21). The van der Waals surface area contributed by atoms with Crippen LogP contribution in [-0.4, -0.2) is 56.1 Å². The van der Waals surface area contributed by atoms with Gasteiger partial charge in [0.05, 0.1) is 13.2 Å². The fraction of sp³-hybridized carbons (Fsp3) is 0.500. The van der Waals surface area contributed by atoms with Crippen molar-refractivity contribution in [2.75, 3.05) is 33.3 Å². The molecule has 0 spiro atoms. The number of para-hydroxylation sites is 1. The van der Waals surface area contributed by atoms with Gasteiger partial charge in [0.25, 0.3) is 0 Å². The van der Waals surface area contributed by atoms with Crippen molar-refractivity contribution < 1.29 is 14.3 Å². The first kappa shape index (κ1) is 18.0. The highest BCUT2D eigenvalue weighted by atomic mass is 16.5. The monoisotopic (exact) mass is 359 g/mol. The fourth-order valence-corrected chi connectivity index (χ4v) is 2.65. The smallest absolute Gasteiger partial charge is 0.324 e. The van der Waals surface area contributed by atoms with Crippen molar-refractivity contribution in [2.24, 2.45) is 10.9 Å². The predicted octanol–water partition coefficient (Wildman–Crippen LogP) is 0.692. The van der Waals surface area contributed by atoms with Crippen molar-refractivity contribution in [1.29, 1.82) is 0 Å². The Kier molecular flexibility index (Phi) is 5.93. The summed E-state index contributed by atoms with van der Waals surface area (Å²) in [6, 6.07) is 7.61. The molecule has 1 saturated carbocycles. The number of urea groups is 1. The molecule has 2 aliphatic rings. The molecule has 1 aromatic carbocycles. The molecular weight excluding hydrogens is 334 g/mol. The van der Waals surface area contributed by atoms with Crippen molar-refractivity contribution in [3.05, 3.63) is 29.8 Å². The Bertz CT molecular complexity index is 671. The lowest BCUT2D eigenvalue weighted by Crippen LogP contribution is -2.43. The highest BCUT2D eigenvalue weighted by Gasteiger charge is 2.27. The molecule has 2 fully saturated rings. The number of carbonyl (C=O) groups excluding carboxylic acids is 2. The van der Waals surface area contributed by atoms with Crippen LogP contribution in [0.4, 0.5) is 4.79 Å². The molecular formula is C18H25N5O3. The number of benzene rings is 1. The van der Waals surface area contributed by atoms with Gasteiger partial charge in [-0.2, -0.15) is 0 Å². The van der Waals surface area contributed by atoms with E-state index in [0.29, 0.717) is 31.5 Å². The number of nitrogens with zero attached hydrogens (tertiary/aromatic N) is 2. The maximum Gasteiger partial charge on any atom is 0.324 e. The molecule has 1 aromatic rings. The number of rotatable bonds is 8. The van der Waals surface area contributed by atoms with E-state index in [4.69, 9.17) is 4.74 Å². The highest BCUT2D eigenvalue weighted by molar-refractivity contribution is 6.01. The molecule has 0 aromatic heterocycles. The predicted molar refractivity (Wildman–Crippen MR) is 98.0 cm³/mol. The second-order valence-corrected chi connectivity index (χ2v) is 6.42. The largest absolute Gasteiger partial charge is 0.493 e. The van der Waals surface area contributed by atoms with Crippen molar-refractivity contribution in [2.45, 2.75) is 19.4 Å². The van der Waals surface area contributed by atoms with Gasteiger partial charge in [-0.15, -0.1) is 0 Å². The Morgan fingerprint density at radius 2 is 2.12 bits per heavy atom. The summed E-state index contributed by atoms with van der Waals surface area (Å²) in [6.45, 7) is 2.15. The maximum absolute atomic E-state index is 11.5. The van der Waals surface area contributed by atoms with Crippen LogP contribution in [-0.2, 0) is 11.3 Å². The van der Waals surface area contributed by atoms with E-state index >= 15 is 0 Å². The number of nitrogens with one attached hydrogen (secondary N) is 3. The molecule has 1 aliphatic heterocycles. The normalized spacial score (nSPS) is 17.3. The minimum absolute atomic E-state index is 0.0729. The summed E-state index contributed by atoms with van der Waals surface area (Å²) in [4.78, 5) is 28.4. The summed E-state index contributed by atoms with van der Waals surface area (Å²) in [5.41, 5.74) is 1.06. The molecule has 1 saturated heterocycles. The second-order valence-electron chi connectivity index (χ2n) is 6.42. The third kappa shape index (κ3) is 4.87. The van der Waals surface area contributed by atoms with Crippen LogP contribution in [0.1, 0.15) is 18.4 Å². The summed E-state index contributed by atoms with van der Waals surface area (Å²) in [7, 11) is 1.68. The van der Waals surface area contributed by atoms with E-state index in [1.54, 1.807) is 7.05 Å². The third-order valence-electron chi connectivity index (χ3n) is 4.38. The van der Waals surface area contributed by atoms with Crippen molar-refractivity contribution in [3.8, 4) is 5.75 Å². The van der Waals surface area contributed by atoms with Gasteiger partial charge < -0.3 is 20.7 Å². The van der Waals surface area contributed by atoms with Gasteiger partial charge in [0, 0.05) is 32.2 Å². The minimum atomic E-state index is -0.346. The maximum atomic E-state index is 11.5. The number of carbonyl (C=O) groups is 2. The molecule has 8 heteroatoms. The summed E-state index contributed by atoms with van der Waals surface area (Å²) < 4.78 is 5.91. The molecule has 0 atom stereocenters. The first-order valence-electron chi connectivity index (χ1n) is 8.91. The van der Waals surface area contributed by atoms with E-state index < -0.39 is 0 Å². The van der Waals surface area contributed by atoms with Crippen LogP contribution in [0.2, 0.25) is 0 Å². The van der Waals surface area contributed by atoms with Crippen LogP contribution < -0.4 is 20.7 Å². The summed E-state index contributed by atoms with van der Waals surface area (Å²) in [5, 5.41) is 8.84. The lowest BCUT2D eigenvalue weighted by Gasteiger charge is -2.16. The van der Waals surface area contributed by atoms with Gasteiger partial charge in [-0.3, -0.25) is 14.7 Å². The number of aliphatic imine (C=N–C) groups is 1. The van der Waals surface area contributed by atoms with E-state index in [-0.39, 0.29) is 18.5 Å².